The molecule has 0 radical (unpaired) electrons. The van der Waals surface area contributed by atoms with E-state index in [1.807, 2.05) is 6.07 Å². The number of hydrogen-bond acceptors (Lipinski definition) is 2. The average Bonchev–Trinajstić information content (AvgIpc) is 2.86. The van der Waals surface area contributed by atoms with Crippen LogP contribution in [0.15, 0.2) is 72.8 Å². The lowest BCUT2D eigenvalue weighted by molar-refractivity contribution is 0.0956. The Labute approximate surface area is 145 Å². The largest absolute Gasteiger partial charge is 0.377 e. The van der Waals surface area contributed by atoms with Gasteiger partial charge in [0.25, 0.3) is 0 Å². The molecule has 1 atom stereocenters. The Hall–Kier alpha value is -1.90. The molecule has 1 aliphatic rings. The second-order valence-electron chi connectivity index (χ2n) is 6.42. The van der Waals surface area contributed by atoms with Gasteiger partial charge >= 0.3 is 0 Å². The predicted octanol–water partition coefficient (Wildman–Crippen LogP) is 4.81. The molecule has 0 saturated carbocycles. The molecular weight excluding hydrogens is 294 g/mol. The van der Waals surface area contributed by atoms with Crippen LogP contribution in [0.4, 0.5) is 0 Å². The maximum atomic E-state index is 5.90. The normalized spacial score (nSPS) is 18.4. The smallest absolute Gasteiger partial charge is 0.0716 e. The van der Waals surface area contributed by atoms with Crippen LogP contribution in [0.1, 0.15) is 30.4 Å². The van der Waals surface area contributed by atoms with E-state index >= 15 is 0 Å². The summed E-state index contributed by atoms with van der Waals surface area (Å²) in [7, 11) is 0. The van der Waals surface area contributed by atoms with Gasteiger partial charge in [0.05, 0.1) is 6.61 Å². The molecule has 0 unspecified atom stereocenters. The molecule has 0 amide bonds. The number of rotatable bonds is 7. The highest BCUT2D eigenvalue weighted by Gasteiger charge is 2.17. The summed E-state index contributed by atoms with van der Waals surface area (Å²) in [6.45, 7) is 3.69. The maximum absolute atomic E-state index is 5.90. The van der Waals surface area contributed by atoms with Gasteiger partial charge in [-0.15, -0.1) is 0 Å². The highest BCUT2D eigenvalue weighted by Crippen LogP contribution is 2.17. The highest BCUT2D eigenvalue weighted by atomic mass is 16.5. The van der Waals surface area contributed by atoms with Gasteiger partial charge in [0.1, 0.15) is 0 Å². The van der Waals surface area contributed by atoms with Crippen LogP contribution in [0.3, 0.4) is 0 Å². The van der Waals surface area contributed by atoms with Gasteiger partial charge in [-0.2, -0.15) is 0 Å². The Morgan fingerprint density at radius 3 is 2.38 bits per heavy atom. The highest BCUT2D eigenvalue weighted by molar-refractivity contribution is 5.15. The zero-order valence-electron chi connectivity index (χ0n) is 14.3. The van der Waals surface area contributed by atoms with Crippen LogP contribution < -0.4 is 0 Å². The van der Waals surface area contributed by atoms with Crippen molar-refractivity contribution in [2.24, 2.45) is 0 Å². The minimum atomic E-state index is 0.475. The van der Waals surface area contributed by atoms with Crippen molar-refractivity contribution >= 4 is 0 Å². The standard InChI is InChI=1S/C22H27NO/c1-4-10-20(11-5-1)18-23-16-9-3-8-14-22(23)15-17-24-19-21-12-6-2-7-13-21/h1-2,4-8,10-14,22H,3,9,15-19H2/t22-/m0/s1. The zero-order valence-corrected chi connectivity index (χ0v) is 14.3. The molecule has 2 heteroatoms. The summed E-state index contributed by atoms with van der Waals surface area (Å²) in [5.74, 6) is 0. The van der Waals surface area contributed by atoms with E-state index in [0.29, 0.717) is 12.6 Å². The summed E-state index contributed by atoms with van der Waals surface area (Å²) >= 11 is 0. The van der Waals surface area contributed by atoms with Gasteiger partial charge in [0.2, 0.25) is 0 Å². The fraction of sp³-hybridized carbons (Fsp3) is 0.364. The van der Waals surface area contributed by atoms with E-state index in [-0.39, 0.29) is 0 Å². The van der Waals surface area contributed by atoms with Gasteiger partial charge in [-0.1, -0.05) is 72.8 Å². The summed E-state index contributed by atoms with van der Waals surface area (Å²) in [4.78, 5) is 2.59. The first-order valence-corrected chi connectivity index (χ1v) is 8.98. The Morgan fingerprint density at radius 1 is 0.917 bits per heavy atom. The molecule has 0 aliphatic carbocycles. The van der Waals surface area contributed by atoms with E-state index in [0.717, 1.165) is 26.1 Å². The summed E-state index contributed by atoms with van der Waals surface area (Å²) in [5, 5.41) is 0. The molecule has 0 bridgehead atoms. The number of hydrogen-bond donors (Lipinski definition) is 0. The quantitative estimate of drug-likeness (QED) is 0.536. The summed E-state index contributed by atoms with van der Waals surface area (Å²) < 4.78 is 5.90. The summed E-state index contributed by atoms with van der Waals surface area (Å²) in [6.07, 6.45) is 8.20. The Bertz CT molecular complexity index is 608. The third kappa shape index (κ3) is 5.33. The lowest BCUT2D eigenvalue weighted by Gasteiger charge is -2.28. The molecule has 0 N–H and O–H groups in total. The first-order valence-electron chi connectivity index (χ1n) is 8.98. The van der Waals surface area contributed by atoms with Crippen molar-refractivity contribution in [3.63, 3.8) is 0 Å². The van der Waals surface area contributed by atoms with Crippen LogP contribution in [0.2, 0.25) is 0 Å². The van der Waals surface area contributed by atoms with Crippen LogP contribution in [-0.2, 0) is 17.9 Å². The lowest BCUT2D eigenvalue weighted by atomic mass is 10.1. The predicted molar refractivity (Wildman–Crippen MR) is 99.7 cm³/mol. The monoisotopic (exact) mass is 321 g/mol. The van der Waals surface area contributed by atoms with E-state index in [4.69, 9.17) is 4.74 Å². The van der Waals surface area contributed by atoms with Crippen molar-refractivity contribution in [3.8, 4) is 0 Å². The van der Waals surface area contributed by atoms with Gasteiger partial charge in [-0.05, 0) is 36.9 Å². The van der Waals surface area contributed by atoms with Gasteiger partial charge in [0.15, 0.2) is 0 Å². The van der Waals surface area contributed by atoms with E-state index in [2.05, 4.69) is 71.6 Å². The van der Waals surface area contributed by atoms with Crippen molar-refractivity contribution in [2.75, 3.05) is 13.2 Å². The van der Waals surface area contributed by atoms with Crippen LogP contribution in [-0.4, -0.2) is 24.1 Å². The van der Waals surface area contributed by atoms with Gasteiger partial charge in [0, 0.05) is 19.2 Å². The summed E-state index contributed by atoms with van der Waals surface area (Å²) in [5.41, 5.74) is 2.64. The van der Waals surface area contributed by atoms with Crippen LogP contribution in [0.5, 0.6) is 0 Å². The van der Waals surface area contributed by atoms with Gasteiger partial charge in [-0.3, -0.25) is 4.90 Å². The molecule has 3 rings (SSSR count). The van der Waals surface area contributed by atoms with Crippen LogP contribution in [0, 0.1) is 0 Å². The molecule has 126 valence electrons. The fourth-order valence-electron chi connectivity index (χ4n) is 3.21. The molecule has 1 heterocycles. The van der Waals surface area contributed by atoms with Gasteiger partial charge < -0.3 is 4.74 Å². The van der Waals surface area contributed by atoms with Crippen molar-refractivity contribution < 1.29 is 4.74 Å². The Balaban J connectivity index is 1.50. The first kappa shape index (κ1) is 16.9. The second kappa shape index (κ2) is 9.41. The van der Waals surface area contributed by atoms with Crippen LogP contribution in [0.25, 0.3) is 0 Å². The summed E-state index contributed by atoms with van der Waals surface area (Å²) in [6, 6.07) is 21.7. The number of allylic oxidation sites excluding steroid dienone is 1. The molecule has 2 aromatic rings. The molecule has 1 aliphatic heterocycles. The number of nitrogens with zero attached hydrogens (tertiary/aromatic N) is 1. The molecular formula is C22H27NO. The maximum Gasteiger partial charge on any atom is 0.0716 e. The molecule has 0 spiro atoms. The van der Waals surface area contributed by atoms with E-state index < -0.39 is 0 Å². The van der Waals surface area contributed by atoms with Crippen molar-refractivity contribution in [3.05, 3.63) is 83.9 Å². The fourth-order valence-corrected chi connectivity index (χ4v) is 3.21. The number of ether oxygens (including phenoxy) is 1. The molecule has 2 aromatic carbocycles. The minimum absolute atomic E-state index is 0.475. The second-order valence-corrected chi connectivity index (χ2v) is 6.42. The third-order valence-electron chi connectivity index (χ3n) is 4.54. The van der Waals surface area contributed by atoms with Crippen molar-refractivity contribution in [1.82, 2.24) is 4.90 Å². The Kier molecular flexibility index (Phi) is 6.64. The first-order chi connectivity index (χ1) is 11.9. The zero-order chi connectivity index (χ0) is 16.5. The Morgan fingerprint density at radius 2 is 1.62 bits per heavy atom. The average molecular weight is 321 g/mol. The number of benzene rings is 2. The van der Waals surface area contributed by atoms with E-state index in [1.54, 1.807) is 0 Å². The van der Waals surface area contributed by atoms with Crippen molar-refractivity contribution in [1.29, 1.82) is 0 Å². The molecule has 2 nitrogen and oxygen atoms in total. The SMILES string of the molecule is C1=C[C@@H](CCOCc2ccccc2)N(Cc2ccccc2)CCC1. The lowest BCUT2D eigenvalue weighted by Crippen LogP contribution is -2.34. The molecule has 0 saturated heterocycles. The topological polar surface area (TPSA) is 12.5 Å². The van der Waals surface area contributed by atoms with Gasteiger partial charge in [-0.25, -0.2) is 0 Å². The minimum Gasteiger partial charge on any atom is -0.377 e. The van der Waals surface area contributed by atoms with Crippen molar-refractivity contribution in [2.45, 2.75) is 38.5 Å². The molecule has 0 fully saturated rings. The molecule has 0 aromatic heterocycles. The van der Waals surface area contributed by atoms with Crippen LogP contribution >= 0.6 is 0 Å². The molecule has 24 heavy (non-hydrogen) atoms. The third-order valence-corrected chi connectivity index (χ3v) is 4.54. The van der Waals surface area contributed by atoms with E-state index in [9.17, 15) is 0 Å². The van der Waals surface area contributed by atoms with E-state index in [1.165, 1.54) is 24.0 Å².